The van der Waals surface area contributed by atoms with Gasteiger partial charge in [0.2, 0.25) is 9.84 Å². The van der Waals surface area contributed by atoms with Crippen LogP contribution in [0.25, 0.3) is 9.40 Å². The zero-order valence-corrected chi connectivity index (χ0v) is 14.4. The van der Waals surface area contributed by atoms with Gasteiger partial charge in [-0.05, 0) is 66.8 Å². The van der Waals surface area contributed by atoms with Crippen molar-refractivity contribution in [2.24, 2.45) is 0 Å². The molecule has 0 N–H and O–H groups in total. The molecule has 0 saturated heterocycles. The van der Waals surface area contributed by atoms with E-state index in [0.717, 1.165) is 0 Å². The first-order chi connectivity index (χ1) is 11.1. The highest BCUT2D eigenvalue weighted by molar-refractivity contribution is 8.00. The Morgan fingerprint density at radius 2 is 1.22 bits per heavy atom. The number of allylic oxidation sites excluding steroid dienone is 4. The largest absolute Gasteiger partial charge is 0.219 e. The molecule has 6 bridgehead atoms. The second kappa shape index (κ2) is 5.67. The minimum Gasteiger partial charge on any atom is -0.219 e. The molecular formula is C18H12O2S3. The van der Waals surface area contributed by atoms with Crippen molar-refractivity contribution < 1.29 is 8.42 Å². The lowest BCUT2D eigenvalue weighted by Crippen LogP contribution is -1.92. The molecule has 0 radical (unpaired) electrons. The molecule has 0 aliphatic carbocycles. The summed E-state index contributed by atoms with van der Waals surface area (Å²) in [5.41, 5.74) is 0. The van der Waals surface area contributed by atoms with Crippen molar-refractivity contribution in [1.29, 1.82) is 0 Å². The summed E-state index contributed by atoms with van der Waals surface area (Å²) >= 11 is 3.69. The first-order valence-corrected chi connectivity index (χ1v) is 10.1. The lowest BCUT2D eigenvalue weighted by Gasteiger charge is -2.10. The maximum Gasteiger partial charge on any atom is 0.206 e. The molecule has 0 atom stereocenters. The number of hydrogen-bond acceptors (Lipinski definition) is 4. The van der Waals surface area contributed by atoms with Crippen LogP contribution in [0.3, 0.4) is 0 Å². The number of rotatable bonds is 0. The summed E-state index contributed by atoms with van der Waals surface area (Å²) in [7, 11) is -2.98. The zero-order chi connectivity index (χ0) is 15.9. The summed E-state index contributed by atoms with van der Waals surface area (Å²) in [4.78, 5) is 3.66. The van der Waals surface area contributed by atoms with Crippen molar-refractivity contribution in [2.45, 2.75) is 9.79 Å². The van der Waals surface area contributed by atoms with Gasteiger partial charge in [0.15, 0.2) is 0 Å². The summed E-state index contributed by atoms with van der Waals surface area (Å²) in [5, 5.41) is 0. The Kier molecular flexibility index (Phi) is 3.64. The van der Waals surface area contributed by atoms with Crippen molar-refractivity contribution in [3.63, 3.8) is 0 Å². The molecule has 5 heteroatoms. The van der Waals surface area contributed by atoms with Crippen molar-refractivity contribution in [3.05, 3.63) is 82.6 Å². The van der Waals surface area contributed by atoms with Crippen LogP contribution >= 0.6 is 23.1 Å². The average molecular weight is 356 g/mol. The monoisotopic (exact) mass is 356 g/mol. The molecule has 2 nitrogen and oxygen atoms in total. The van der Waals surface area contributed by atoms with Gasteiger partial charge >= 0.3 is 0 Å². The molecule has 3 aromatic rings. The van der Waals surface area contributed by atoms with Crippen LogP contribution in [0.15, 0.2) is 92.4 Å². The molecule has 0 fully saturated rings. The topological polar surface area (TPSA) is 34.1 Å². The third kappa shape index (κ3) is 2.87. The van der Waals surface area contributed by atoms with Crippen LogP contribution in [0, 0.1) is 0 Å². The van der Waals surface area contributed by atoms with Gasteiger partial charge in [0.05, 0.1) is 9.81 Å². The summed E-state index contributed by atoms with van der Waals surface area (Å²) < 4.78 is 24.7. The van der Waals surface area contributed by atoms with Crippen molar-refractivity contribution in [3.8, 4) is 0 Å². The molecular weight excluding hydrogens is 344 g/mol. The van der Waals surface area contributed by atoms with Gasteiger partial charge in [-0.3, -0.25) is 0 Å². The molecule has 6 heterocycles. The quantitative estimate of drug-likeness (QED) is 0.432. The van der Waals surface area contributed by atoms with Gasteiger partial charge in [-0.15, -0.1) is 11.3 Å². The number of sulfone groups is 1. The third-order valence-corrected chi connectivity index (χ3v) is 7.33. The van der Waals surface area contributed by atoms with Crippen LogP contribution in [0.1, 0.15) is 0 Å². The number of benzene rings is 2. The summed E-state index contributed by atoms with van der Waals surface area (Å²) in [5.74, 6) is 0. The highest BCUT2D eigenvalue weighted by Crippen LogP contribution is 2.37. The third-order valence-electron chi connectivity index (χ3n) is 3.54. The van der Waals surface area contributed by atoms with Gasteiger partial charge in [-0.1, -0.05) is 17.8 Å². The normalized spacial score (nSPS) is 17.6. The Morgan fingerprint density at radius 1 is 0.739 bits per heavy atom. The molecule has 7 rings (SSSR count). The van der Waals surface area contributed by atoms with Crippen LogP contribution < -0.4 is 0 Å². The van der Waals surface area contributed by atoms with Crippen LogP contribution in [0.2, 0.25) is 0 Å². The highest BCUT2D eigenvalue weighted by Gasteiger charge is 2.28. The molecule has 2 aromatic heterocycles. The standard InChI is InChI=1S/C6H4O2S.2C6H4S/c7-9(8)5-1-2-6(9)4-3-5;1-2-6-4-3-5(1)7-6;1-2-5-4-6(3-1)7-5/h1-4H;2*1-4H. The van der Waals surface area contributed by atoms with Gasteiger partial charge in [-0.2, -0.15) is 0 Å². The molecule has 0 amide bonds. The van der Waals surface area contributed by atoms with Crippen molar-refractivity contribution in [2.75, 3.05) is 0 Å². The predicted molar refractivity (Wildman–Crippen MR) is 97.8 cm³/mol. The molecule has 23 heavy (non-hydrogen) atoms. The predicted octanol–water partition coefficient (Wildman–Crippen LogP) is 5.24. The first kappa shape index (κ1) is 14.8. The van der Waals surface area contributed by atoms with E-state index in [-0.39, 0.29) is 0 Å². The summed E-state index contributed by atoms with van der Waals surface area (Å²) in [6, 6.07) is 17.1. The summed E-state index contributed by atoms with van der Waals surface area (Å²) in [6.45, 7) is 0. The van der Waals surface area contributed by atoms with E-state index in [0.29, 0.717) is 9.81 Å². The fourth-order valence-corrected chi connectivity index (χ4v) is 5.15. The van der Waals surface area contributed by atoms with Crippen LogP contribution in [0.5, 0.6) is 0 Å². The molecule has 114 valence electrons. The Balaban J connectivity index is 0.0000000891. The van der Waals surface area contributed by atoms with Crippen molar-refractivity contribution in [1.82, 2.24) is 0 Å². The van der Waals surface area contributed by atoms with Gasteiger partial charge in [0.1, 0.15) is 0 Å². The lowest BCUT2D eigenvalue weighted by atomic mass is 10.3. The van der Waals surface area contributed by atoms with E-state index in [4.69, 9.17) is 0 Å². The van der Waals surface area contributed by atoms with E-state index >= 15 is 0 Å². The molecule has 0 spiro atoms. The second-order valence-electron chi connectivity index (χ2n) is 5.13. The van der Waals surface area contributed by atoms with E-state index in [1.807, 2.05) is 23.1 Å². The molecule has 0 unspecified atom stereocenters. The van der Waals surface area contributed by atoms with Crippen molar-refractivity contribution >= 4 is 42.3 Å². The number of hydrogen-bond donors (Lipinski definition) is 0. The second-order valence-corrected chi connectivity index (χ2v) is 9.37. The Hall–Kier alpha value is -1.82. The highest BCUT2D eigenvalue weighted by atomic mass is 32.2. The van der Waals surface area contributed by atoms with Gasteiger partial charge < -0.3 is 0 Å². The maximum absolute atomic E-state index is 11.0. The van der Waals surface area contributed by atoms with E-state index in [1.165, 1.54) is 19.2 Å². The number of thiophene rings is 2. The van der Waals surface area contributed by atoms with Crippen LogP contribution in [-0.4, -0.2) is 8.42 Å². The fraction of sp³-hybridized carbons (Fsp3) is 0. The minimum atomic E-state index is -2.98. The molecule has 4 aliphatic rings. The average Bonchev–Trinajstić information content (AvgIpc) is 3.32. The molecule has 0 saturated carbocycles. The van der Waals surface area contributed by atoms with Crippen LogP contribution in [-0.2, 0) is 9.84 Å². The van der Waals surface area contributed by atoms with E-state index in [1.54, 1.807) is 24.3 Å². The van der Waals surface area contributed by atoms with E-state index < -0.39 is 9.84 Å². The first-order valence-electron chi connectivity index (χ1n) is 7.02. The van der Waals surface area contributed by atoms with Gasteiger partial charge in [0.25, 0.3) is 0 Å². The van der Waals surface area contributed by atoms with Gasteiger partial charge in [0, 0.05) is 19.2 Å². The van der Waals surface area contributed by atoms with E-state index in [9.17, 15) is 8.42 Å². The summed E-state index contributed by atoms with van der Waals surface area (Å²) in [6.07, 6.45) is 6.46. The van der Waals surface area contributed by atoms with E-state index in [2.05, 4.69) is 48.5 Å². The Bertz CT molecular complexity index is 955. The minimum absolute atomic E-state index is 0.428. The zero-order valence-electron chi connectivity index (χ0n) is 12.0. The molecule has 1 aromatic carbocycles. The fourth-order valence-electron chi connectivity index (χ4n) is 2.33. The van der Waals surface area contributed by atoms with Crippen LogP contribution in [0.4, 0.5) is 0 Å². The molecule has 4 aliphatic heterocycles. The van der Waals surface area contributed by atoms with Gasteiger partial charge in [-0.25, -0.2) is 8.42 Å². The Labute approximate surface area is 143 Å². The maximum atomic E-state index is 11.0. The Morgan fingerprint density at radius 3 is 1.35 bits per heavy atom. The smallest absolute Gasteiger partial charge is 0.206 e. The SMILES string of the molecule is O=S1(=O)C2=CC=C1C=C2.c1cc2cc(c1)S2.c1cc2ccc1s2. The lowest BCUT2D eigenvalue weighted by molar-refractivity contribution is 0.611. The number of fused-ring (bicyclic) bond motifs is 6.